The van der Waals surface area contributed by atoms with Crippen LogP contribution in [0.15, 0.2) is 18.2 Å². The van der Waals surface area contributed by atoms with Crippen LogP contribution in [0.2, 0.25) is 0 Å². The average Bonchev–Trinajstić information content (AvgIpc) is 3.11. The number of ether oxygens (including phenoxy) is 1. The fraction of sp³-hybridized carbons (Fsp3) is 0.611. The van der Waals surface area contributed by atoms with Crippen molar-refractivity contribution in [1.82, 2.24) is 4.90 Å². The van der Waals surface area contributed by atoms with Gasteiger partial charge in [0.05, 0.1) is 17.6 Å². The van der Waals surface area contributed by atoms with E-state index >= 15 is 0 Å². The van der Waals surface area contributed by atoms with Gasteiger partial charge in [-0.3, -0.25) is 10.1 Å². The lowest BCUT2D eigenvalue weighted by Crippen LogP contribution is -2.34. The van der Waals surface area contributed by atoms with E-state index in [1.54, 1.807) is 12.1 Å². The molecule has 0 bridgehead atoms. The fourth-order valence-electron chi connectivity index (χ4n) is 3.60. The minimum atomic E-state index is -0.515. The van der Waals surface area contributed by atoms with Crippen molar-refractivity contribution in [2.75, 3.05) is 44.2 Å². The molecule has 7 heteroatoms. The minimum Gasteiger partial charge on any atom is -0.375 e. The summed E-state index contributed by atoms with van der Waals surface area (Å²) in [5.41, 5.74) is 0.820. The number of piperidine rings is 1. The lowest BCUT2D eigenvalue weighted by Gasteiger charge is -2.26. The Morgan fingerprint density at radius 1 is 1.28 bits per heavy atom. The van der Waals surface area contributed by atoms with E-state index in [1.807, 2.05) is 6.07 Å². The summed E-state index contributed by atoms with van der Waals surface area (Å²) in [6.07, 6.45) is 5.05. The molecule has 2 saturated heterocycles. The number of nitriles is 1. The Hall–Kier alpha value is -2.17. The SMILES string of the molecule is N#Cc1cc(N2CCC(OCCN3CCCCC3)C2)ccc1[N+](=O)[O-]. The average molecular weight is 344 g/mol. The van der Waals surface area contributed by atoms with Crippen LogP contribution in [-0.4, -0.2) is 55.3 Å². The molecule has 0 aliphatic carbocycles. The molecule has 134 valence electrons. The summed E-state index contributed by atoms with van der Waals surface area (Å²) in [6, 6.07) is 6.66. The Labute approximate surface area is 147 Å². The highest BCUT2D eigenvalue weighted by molar-refractivity contribution is 5.60. The van der Waals surface area contributed by atoms with Crippen LogP contribution in [0, 0.1) is 21.4 Å². The summed E-state index contributed by atoms with van der Waals surface area (Å²) in [5.74, 6) is 0. The second kappa shape index (κ2) is 8.28. The van der Waals surface area contributed by atoms with E-state index in [0.717, 1.165) is 38.3 Å². The topological polar surface area (TPSA) is 82.6 Å². The molecule has 7 nitrogen and oxygen atoms in total. The van der Waals surface area contributed by atoms with E-state index in [9.17, 15) is 10.1 Å². The summed E-state index contributed by atoms with van der Waals surface area (Å²) in [5, 5.41) is 20.1. The summed E-state index contributed by atoms with van der Waals surface area (Å²) in [6.45, 7) is 5.72. The molecular weight excluding hydrogens is 320 g/mol. The first kappa shape index (κ1) is 17.6. The Balaban J connectivity index is 1.50. The molecule has 1 aromatic carbocycles. The van der Waals surface area contributed by atoms with Crippen molar-refractivity contribution < 1.29 is 9.66 Å². The zero-order valence-corrected chi connectivity index (χ0v) is 14.4. The van der Waals surface area contributed by atoms with Crippen LogP contribution < -0.4 is 4.90 Å². The van der Waals surface area contributed by atoms with Crippen molar-refractivity contribution in [3.63, 3.8) is 0 Å². The van der Waals surface area contributed by atoms with Crippen LogP contribution >= 0.6 is 0 Å². The molecule has 2 heterocycles. The van der Waals surface area contributed by atoms with E-state index in [4.69, 9.17) is 10.00 Å². The van der Waals surface area contributed by atoms with Crippen LogP contribution in [0.25, 0.3) is 0 Å². The van der Waals surface area contributed by atoms with Gasteiger partial charge in [0.1, 0.15) is 11.6 Å². The molecule has 1 unspecified atom stereocenters. The fourth-order valence-corrected chi connectivity index (χ4v) is 3.60. The summed E-state index contributed by atoms with van der Waals surface area (Å²) in [7, 11) is 0. The van der Waals surface area contributed by atoms with E-state index in [1.165, 1.54) is 38.4 Å². The third kappa shape index (κ3) is 4.47. The predicted octanol–water partition coefficient (Wildman–Crippen LogP) is 2.55. The van der Waals surface area contributed by atoms with Gasteiger partial charge >= 0.3 is 0 Å². The van der Waals surface area contributed by atoms with E-state index in [0.29, 0.717) is 0 Å². The normalized spacial score (nSPS) is 21.2. The first-order valence-corrected chi connectivity index (χ1v) is 8.95. The number of nitrogens with zero attached hydrogens (tertiary/aromatic N) is 4. The molecule has 0 spiro atoms. The van der Waals surface area contributed by atoms with Crippen LogP contribution in [0.3, 0.4) is 0 Å². The number of rotatable bonds is 6. The number of likely N-dealkylation sites (tertiary alicyclic amines) is 1. The van der Waals surface area contributed by atoms with Gasteiger partial charge in [0.2, 0.25) is 0 Å². The molecule has 1 atom stereocenters. The molecule has 0 N–H and O–H groups in total. The summed E-state index contributed by atoms with van der Waals surface area (Å²) >= 11 is 0. The summed E-state index contributed by atoms with van der Waals surface area (Å²) < 4.78 is 6.02. The van der Waals surface area contributed by atoms with Crippen molar-refractivity contribution in [1.29, 1.82) is 5.26 Å². The van der Waals surface area contributed by atoms with Crippen molar-refractivity contribution in [2.45, 2.75) is 31.8 Å². The second-order valence-electron chi connectivity index (χ2n) is 6.70. The zero-order valence-electron chi connectivity index (χ0n) is 14.4. The third-order valence-electron chi connectivity index (χ3n) is 5.02. The number of anilines is 1. The van der Waals surface area contributed by atoms with Crippen molar-refractivity contribution in [3.8, 4) is 6.07 Å². The van der Waals surface area contributed by atoms with Crippen LogP contribution in [0.5, 0.6) is 0 Å². The van der Waals surface area contributed by atoms with Gasteiger partial charge in [-0.1, -0.05) is 6.42 Å². The van der Waals surface area contributed by atoms with Gasteiger partial charge < -0.3 is 14.5 Å². The largest absolute Gasteiger partial charge is 0.375 e. The van der Waals surface area contributed by atoms with E-state index in [-0.39, 0.29) is 17.4 Å². The quantitative estimate of drug-likeness (QED) is 0.582. The smallest absolute Gasteiger partial charge is 0.287 e. The molecule has 1 aromatic rings. The molecule has 3 rings (SSSR count). The molecule has 25 heavy (non-hydrogen) atoms. The number of hydrogen-bond acceptors (Lipinski definition) is 6. The molecule has 0 amide bonds. The maximum Gasteiger partial charge on any atom is 0.287 e. The summed E-state index contributed by atoms with van der Waals surface area (Å²) in [4.78, 5) is 15.0. The Kier molecular flexibility index (Phi) is 5.84. The molecule has 2 fully saturated rings. The molecule has 2 aliphatic heterocycles. The highest BCUT2D eigenvalue weighted by Gasteiger charge is 2.25. The number of hydrogen-bond donors (Lipinski definition) is 0. The first-order valence-electron chi connectivity index (χ1n) is 8.95. The van der Waals surface area contributed by atoms with E-state index in [2.05, 4.69) is 9.80 Å². The van der Waals surface area contributed by atoms with Gasteiger partial charge in [0, 0.05) is 31.4 Å². The van der Waals surface area contributed by atoms with E-state index < -0.39 is 4.92 Å². The maximum absolute atomic E-state index is 10.9. The van der Waals surface area contributed by atoms with Gasteiger partial charge in [-0.15, -0.1) is 0 Å². The first-order chi connectivity index (χ1) is 12.2. The molecule has 0 aromatic heterocycles. The molecular formula is C18H24N4O3. The molecule has 0 radical (unpaired) electrons. The lowest BCUT2D eigenvalue weighted by molar-refractivity contribution is -0.385. The van der Waals surface area contributed by atoms with Gasteiger partial charge in [0.25, 0.3) is 5.69 Å². The highest BCUT2D eigenvalue weighted by Crippen LogP contribution is 2.27. The van der Waals surface area contributed by atoms with Crippen LogP contribution in [0.4, 0.5) is 11.4 Å². The number of nitro benzene ring substituents is 1. The number of benzene rings is 1. The van der Waals surface area contributed by atoms with Crippen molar-refractivity contribution in [2.24, 2.45) is 0 Å². The lowest BCUT2D eigenvalue weighted by atomic mass is 10.1. The minimum absolute atomic E-state index is 0.108. The second-order valence-corrected chi connectivity index (χ2v) is 6.70. The molecule has 2 aliphatic rings. The zero-order chi connectivity index (χ0) is 17.6. The standard InChI is InChI=1S/C18H24N4O3/c19-13-15-12-16(4-5-18(15)22(23)24)21-9-6-17(14-21)25-11-10-20-7-2-1-3-8-20/h4-5,12,17H,1-3,6-11,14H2. The predicted molar refractivity (Wildman–Crippen MR) is 94.7 cm³/mol. The maximum atomic E-state index is 10.9. The Morgan fingerprint density at radius 3 is 2.80 bits per heavy atom. The highest BCUT2D eigenvalue weighted by atomic mass is 16.6. The monoisotopic (exact) mass is 344 g/mol. The van der Waals surface area contributed by atoms with Gasteiger partial charge in [-0.25, -0.2) is 0 Å². The Morgan fingerprint density at radius 2 is 2.08 bits per heavy atom. The molecule has 0 saturated carbocycles. The Bertz CT molecular complexity index is 652. The van der Waals surface area contributed by atoms with Gasteiger partial charge in [0.15, 0.2) is 0 Å². The van der Waals surface area contributed by atoms with Gasteiger partial charge in [-0.05, 0) is 44.5 Å². The van der Waals surface area contributed by atoms with Gasteiger partial charge in [-0.2, -0.15) is 5.26 Å². The van der Waals surface area contributed by atoms with Crippen molar-refractivity contribution in [3.05, 3.63) is 33.9 Å². The number of nitro groups is 1. The van der Waals surface area contributed by atoms with Crippen LogP contribution in [0.1, 0.15) is 31.2 Å². The third-order valence-corrected chi connectivity index (χ3v) is 5.02. The van der Waals surface area contributed by atoms with Crippen LogP contribution in [-0.2, 0) is 4.74 Å². The van der Waals surface area contributed by atoms with Crippen molar-refractivity contribution >= 4 is 11.4 Å².